The van der Waals surface area contributed by atoms with Gasteiger partial charge in [0, 0.05) is 6.42 Å². The topological polar surface area (TPSA) is 95.4 Å². The minimum atomic E-state index is -0.601. The van der Waals surface area contributed by atoms with E-state index in [2.05, 4.69) is 4.74 Å². The second-order valence-corrected chi connectivity index (χ2v) is 1.79. The van der Waals surface area contributed by atoms with E-state index in [1.807, 2.05) is 0 Å². The van der Waals surface area contributed by atoms with Crippen molar-refractivity contribution in [1.82, 2.24) is 0 Å². The lowest BCUT2D eigenvalue weighted by atomic mass is 10.3. The fourth-order valence-corrected chi connectivity index (χ4v) is 0.397. The van der Waals surface area contributed by atoms with Gasteiger partial charge in [-0.15, -0.1) is 0 Å². The maximum Gasteiger partial charge on any atom is 0.313 e. The Morgan fingerprint density at radius 2 is 2.20 bits per heavy atom. The zero-order chi connectivity index (χ0) is 7.98. The summed E-state index contributed by atoms with van der Waals surface area (Å²) >= 11 is 0. The quantitative estimate of drug-likeness (QED) is 0.223. The van der Waals surface area contributed by atoms with Crippen LogP contribution in [0.5, 0.6) is 0 Å². The molecule has 4 N–H and O–H groups in total. The smallest absolute Gasteiger partial charge is 0.313 e. The first kappa shape index (κ1) is 9.06. The molecule has 0 heterocycles. The van der Waals surface area contributed by atoms with Crippen LogP contribution in [0, 0.1) is 0 Å². The van der Waals surface area contributed by atoms with Gasteiger partial charge in [0.15, 0.2) is 0 Å². The average Bonchev–Trinajstić information content (AvgIpc) is 1.85. The summed E-state index contributed by atoms with van der Waals surface area (Å²) in [6.07, 6.45) is -0.123. The number of carbonyl (C=O) groups is 2. The van der Waals surface area contributed by atoms with E-state index in [9.17, 15) is 9.59 Å². The molecule has 0 saturated carbocycles. The molecule has 0 saturated heterocycles. The van der Waals surface area contributed by atoms with Gasteiger partial charge in [-0.05, 0) is 6.42 Å². The zero-order valence-corrected chi connectivity index (χ0v) is 5.45. The molecule has 0 bridgehead atoms. The van der Waals surface area contributed by atoms with E-state index >= 15 is 0 Å². The van der Waals surface area contributed by atoms with E-state index in [0.29, 0.717) is 6.42 Å². The number of carbonyl (C=O) groups excluding carboxylic acids is 2. The normalized spacial score (nSPS) is 9.50. The fraction of sp³-hybridized carbons (Fsp3) is 0.600. The van der Waals surface area contributed by atoms with Gasteiger partial charge in [-0.25, -0.2) is 0 Å². The lowest BCUT2D eigenvalue weighted by molar-refractivity contribution is -0.151. The molecule has 10 heavy (non-hydrogen) atoms. The summed E-state index contributed by atoms with van der Waals surface area (Å²) in [6, 6.07) is 0. The highest BCUT2D eigenvalue weighted by atomic mass is 16.6. The van der Waals surface area contributed by atoms with E-state index in [1.54, 1.807) is 0 Å². The molecule has 5 heteroatoms. The summed E-state index contributed by atoms with van der Waals surface area (Å²) in [5.74, 6) is -0.601. The Balaban J connectivity index is 3.30. The summed E-state index contributed by atoms with van der Waals surface area (Å²) in [5, 5.41) is 0. The van der Waals surface area contributed by atoms with E-state index in [4.69, 9.17) is 11.5 Å². The van der Waals surface area contributed by atoms with Crippen LogP contribution in [0.15, 0.2) is 0 Å². The third kappa shape index (κ3) is 5.20. The summed E-state index contributed by atoms with van der Waals surface area (Å²) < 4.78 is 3.96. The third-order valence-electron chi connectivity index (χ3n) is 0.861. The first-order chi connectivity index (χ1) is 4.66. The number of hydrogen-bond donors (Lipinski definition) is 2. The molecule has 0 aliphatic carbocycles. The maximum atomic E-state index is 10.4. The Kier molecular flexibility index (Phi) is 4.43. The van der Waals surface area contributed by atoms with E-state index in [1.165, 1.54) is 0 Å². The second kappa shape index (κ2) is 4.89. The molecule has 0 unspecified atom stereocenters. The second-order valence-electron chi connectivity index (χ2n) is 1.79. The van der Waals surface area contributed by atoms with Gasteiger partial charge in [0.25, 0.3) is 0 Å². The van der Waals surface area contributed by atoms with Crippen LogP contribution in [0.25, 0.3) is 0 Å². The van der Waals surface area contributed by atoms with Crippen molar-refractivity contribution in [3.8, 4) is 0 Å². The van der Waals surface area contributed by atoms with Gasteiger partial charge in [0.1, 0.15) is 0 Å². The molecule has 0 aliphatic rings. The molecule has 0 aromatic heterocycles. The maximum absolute atomic E-state index is 10.4. The lowest BCUT2D eigenvalue weighted by Crippen LogP contribution is -2.30. The van der Waals surface area contributed by atoms with Crippen molar-refractivity contribution in [2.75, 3.05) is 0 Å². The summed E-state index contributed by atoms with van der Waals surface area (Å²) in [4.78, 5) is 19.9. The van der Waals surface area contributed by atoms with Crippen LogP contribution in [0.4, 0.5) is 0 Å². The van der Waals surface area contributed by atoms with Gasteiger partial charge in [-0.1, -0.05) is 0 Å². The predicted molar refractivity (Wildman–Crippen MR) is 33.6 cm³/mol. The molecular formula is C5H10N2O3. The third-order valence-corrected chi connectivity index (χ3v) is 0.861. The Morgan fingerprint density at radius 1 is 1.60 bits per heavy atom. The van der Waals surface area contributed by atoms with Crippen LogP contribution in [0.3, 0.4) is 0 Å². The van der Waals surface area contributed by atoms with Gasteiger partial charge in [-0.3, -0.25) is 9.59 Å². The van der Waals surface area contributed by atoms with Crippen LogP contribution in [0.1, 0.15) is 12.8 Å². The number of ether oxygens (including phenoxy) is 1. The number of rotatable bonds is 4. The van der Waals surface area contributed by atoms with Crippen LogP contribution < -0.4 is 11.5 Å². The minimum absolute atomic E-state index is 0.0798. The average molecular weight is 146 g/mol. The fourth-order valence-electron chi connectivity index (χ4n) is 0.397. The first-order valence-electron chi connectivity index (χ1n) is 2.81. The highest BCUT2D eigenvalue weighted by molar-refractivity contribution is 5.76. The molecule has 0 fully saturated rings. The minimum Gasteiger partial charge on any atom is -0.395 e. The van der Waals surface area contributed by atoms with Gasteiger partial charge in [0.2, 0.25) is 0 Å². The van der Waals surface area contributed by atoms with E-state index in [-0.39, 0.29) is 12.9 Å². The molecule has 58 valence electrons. The highest BCUT2D eigenvalue weighted by Crippen LogP contribution is 1.90. The molecule has 0 amide bonds. The van der Waals surface area contributed by atoms with Crippen molar-refractivity contribution >= 4 is 12.4 Å². The predicted octanol–water partition coefficient (Wildman–Crippen LogP) is -1.29. The Hall–Kier alpha value is -0.940. The van der Waals surface area contributed by atoms with Crippen molar-refractivity contribution in [3.05, 3.63) is 0 Å². The standard InChI is InChI=1S/C5H10N2O3/c6-4(7)1-2-5(9)10-3-8/h3-4H,1-2,6-7H2. The Morgan fingerprint density at radius 3 is 2.60 bits per heavy atom. The molecule has 0 radical (unpaired) electrons. The molecule has 0 rings (SSSR count). The van der Waals surface area contributed by atoms with Crippen molar-refractivity contribution in [2.45, 2.75) is 19.0 Å². The molecule has 0 spiro atoms. The summed E-state index contributed by atoms with van der Waals surface area (Å²) in [5.41, 5.74) is 10.2. The van der Waals surface area contributed by atoms with Gasteiger partial charge in [-0.2, -0.15) is 0 Å². The number of nitrogens with two attached hydrogens (primary N) is 2. The molecule has 0 aliphatic heterocycles. The highest BCUT2D eigenvalue weighted by Gasteiger charge is 2.03. The van der Waals surface area contributed by atoms with E-state index < -0.39 is 12.1 Å². The molecule has 0 aromatic rings. The Labute approximate surface area is 58.3 Å². The van der Waals surface area contributed by atoms with Crippen LogP contribution in [-0.2, 0) is 14.3 Å². The van der Waals surface area contributed by atoms with Crippen molar-refractivity contribution in [2.24, 2.45) is 11.5 Å². The van der Waals surface area contributed by atoms with E-state index in [0.717, 1.165) is 0 Å². The van der Waals surface area contributed by atoms with Gasteiger partial charge < -0.3 is 16.2 Å². The summed E-state index contributed by atoms with van der Waals surface area (Å²) in [6.45, 7) is 0.0877. The van der Waals surface area contributed by atoms with Gasteiger partial charge >= 0.3 is 12.4 Å². The van der Waals surface area contributed by atoms with Crippen molar-refractivity contribution in [1.29, 1.82) is 0 Å². The molecule has 5 nitrogen and oxygen atoms in total. The zero-order valence-electron chi connectivity index (χ0n) is 5.45. The number of hydrogen-bond acceptors (Lipinski definition) is 5. The Bertz CT molecular complexity index is 124. The SMILES string of the molecule is NC(N)CCC(=O)OC=O. The molecule has 0 atom stereocenters. The summed E-state index contributed by atoms with van der Waals surface area (Å²) in [7, 11) is 0. The first-order valence-corrected chi connectivity index (χ1v) is 2.81. The van der Waals surface area contributed by atoms with Crippen LogP contribution in [-0.4, -0.2) is 18.6 Å². The van der Waals surface area contributed by atoms with Crippen LogP contribution in [0.2, 0.25) is 0 Å². The molecular weight excluding hydrogens is 136 g/mol. The van der Waals surface area contributed by atoms with Crippen molar-refractivity contribution in [3.63, 3.8) is 0 Å². The van der Waals surface area contributed by atoms with Crippen LogP contribution >= 0.6 is 0 Å². The lowest BCUT2D eigenvalue weighted by Gasteiger charge is -2.01. The molecule has 0 aromatic carbocycles. The monoisotopic (exact) mass is 146 g/mol. The largest absolute Gasteiger partial charge is 0.395 e. The number of esters is 1. The van der Waals surface area contributed by atoms with Crippen molar-refractivity contribution < 1.29 is 14.3 Å². The van der Waals surface area contributed by atoms with Gasteiger partial charge in [0.05, 0.1) is 6.17 Å².